The van der Waals surface area contributed by atoms with Crippen molar-refractivity contribution in [3.05, 3.63) is 42.5 Å². The van der Waals surface area contributed by atoms with Crippen LogP contribution >= 0.6 is 11.8 Å². The average molecular weight is 506 g/mol. The average Bonchev–Trinajstić information content (AvgIpc) is 2.99. The van der Waals surface area contributed by atoms with E-state index in [1.54, 1.807) is 0 Å². The van der Waals surface area contributed by atoms with Gasteiger partial charge < -0.3 is 24.0 Å². The molecule has 3 atom stereocenters. The summed E-state index contributed by atoms with van der Waals surface area (Å²) in [6.45, 7) is 4.95. The fraction of sp³-hybridized carbons (Fsp3) is 0.500. The number of hydrogen-bond donors (Lipinski definition) is 1. The van der Waals surface area contributed by atoms with Gasteiger partial charge in [0.25, 0.3) is 0 Å². The number of para-hydroxylation sites is 1. The van der Waals surface area contributed by atoms with E-state index < -0.39 is 23.2 Å². The van der Waals surface area contributed by atoms with E-state index in [9.17, 15) is 14.5 Å². The van der Waals surface area contributed by atoms with Crippen molar-refractivity contribution >= 4 is 40.3 Å². The van der Waals surface area contributed by atoms with Crippen LogP contribution in [0.15, 0.2) is 52.3 Å². The van der Waals surface area contributed by atoms with Crippen molar-refractivity contribution < 1.29 is 23.9 Å². The zero-order chi connectivity index (χ0) is 24.7. The van der Waals surface area contributed by atoms with E-state index in [4.69, 9.17) is 4.74 Å². The van der Waals surface area contributed by atoms with Crippen LogP contribution in [0.25, 0.3) is 0 Å². The molecule has 34 heavy (non-hydrogen) atoms. The number of anilines is 2. The quantitative estimate of drug-likeness (QED) is 0.271. The number of hydrogen-bond acceptors (Lipinski definition) is 7. The van der Waals surface area contributed by atoms with Crippen LogP contribution in [0.4, 0.5) is 11.4 Å². The molecule has 1 heterocycles. The minimum absolute atomic E-state index is 0.0721. The van der Waals surface area contributed by atoms with Gasteiger partial charge in [0.05, 0.1) is 17.7 Å². The van der Waals surface area contributed by atoms with Crippen molar-refractivity contribution in [3.8, 4) is 5.75 Å². The number of esters is 1. The number of aliphatic hydroxyl groups is 1. The number of benzene rings is 2. The second-order valence-electron chi connectivity index (χ2n) is 8.69. The molecule has 8 heteroatoms. The molecule has 0 saturated heterocycles. The van der Waals surface area contributed by atoms with E-state index in [2.05, 4.69) is 35.6 Å². The zero-order valence-corrected chi connectivity index (χ0v) is 22.0. The highest BCUT2D eigenvalue weighted by molar-refractivity contribution is 7.98. The Morgan fingerprint density at radius 2 is 2.03 bits per heavy atom. The summed E-state index contributed by atoms with van der Waals surface area (Å²) in [5, 5.41) is 9.98. The normalized spacial score (nSPS) is 20.9. The van der Waals surface area contributed by atoms with Gasteiger partial charge in [-0.15, -0.1) is 11.8 Å². The van der Waals surface area contributed by atoms with Gasteiger partial charge in [-0.3, -0.25) is 0 Å². The molecule has 0 amide bonds. The van der Waals surface area contributed by atoms with Crippen LogP contribution in [-0.4, -0.2) is 54.0 Å². The number of unbranched alkanes of at least 4 members (excludes halogenated alkanes) is 1. The molecule has 1 N–H and O–H groups in total. The Balaban J connectivity index is 2.07. The van der Waals surface area contributed by atoms with E-state index in [0.717, 1.165) is 53.4 Å². The molecule has 0 radical (unpaired) electrons. The third-order valence-electron chi connectivity index (χ3n) is 6.46. The molecule has 3 rings (SSSR count). The van der Waals surface area contributed by atoms with Crippen LogP contribution < -0.4 is 9.64 Å². The Hall–Kier alpha value is -1.87. The zero-order valence-electron chi connectivity index (χ0n) is 20.4. The molecule has 1 aliphatic rings. The number of ether oxygens (including phenoxy) is 2. The van der Waals surface area contributed by atoms with Gasteiger partial charge in [0.2, 0.25) is 0 Å². The number of aliphatic hydroxyl groups excluding tert-OH is 1. The van der Waals surface area contributed by atoms with Crippen LogP contribution in [-0.2, 0) is 20.7 Å². The maximum Gasteiger partial charge on any atom is 0.338 e. The highest BCUT2D eigenvalue weighted by Crippen LogP contribution is 2.47. The molecule has 0 aromatic heterocycles. The van der Waals surface area contributed by atoms with E-state index in [-0.39, 0.29) is 12.0 Å². The lowest BCUT2D eigenvalue weighted by molar-refractivity contribution is -0.151. The van der Waals surface area contributed by atoms with Crippen LogP contribution in [0.2, 0.25) is 0 Å². The molecule has 186 valence electrons. The van der Waals surface area contributed by atoms with Gasteiger partial charge in [-0.25, -0.2) is 4.79 Å². The number of methoxy groups -OCH3 is 1. The minimum atomic E-state index is -1.38. The topological polar surface area (TPSA) is 82.1 Å². The molecular weight excluding hydrogens is 470 g/mol. The highest BCUT2D eigenvalue weighted by atomic mass is 32.2. The number of carbonyl (C=O) groups is 1. The van der Waals surface area contributed by atoms with E-state index in [1.807, 2.05) is 36.6 Å². The summed E-state index contributed by atoms with van der Waals surface area (Å²) in [4.78, 5) is 15.5. The molecular formula is C26H35NO5S2. The monoisotopic (exact) mass is 505 g/mol. The maximum absolute atomic E-state index is 13.8. The smallest absolute Gasteiger partial charge is 0.338 e. The van der Waals surface area contributed by atoms with Gasteiger partial charge in [-0.05, 0) is 48.5 Å². The van der Waals surface area contributed by atoms with Gasteiger partial charge in [0, 0.05) is 23.7 Å². The van der Waals surface area contributed by atoms with Crippen molar-refractivity contribution in [2.24, 2.45) is 5.41 Å². The number of nitrogens with zero attached hydrogens (tertiary/aromatic N) is 1. The van der Waals surface area contributed by atoms with Gasteiger partial charge in [0.15, 0.2) is 11.0 Å². The molecule has 1 aliphatic heterocycles. The third kappa shape index (κ3) is 6.03. The van der Waals surface area contributed by atoms with E-state index >= 15 is 0 Å². The molecule has 2 aromatic rings. The van der Waals surface area contributed by atoms with Crippen molar-refractivity contribution in [1.29, 1.82) is 0 Å². The fourth-order valence-electron chi connectivity index (χ4n) is 4.32. The second kappa shape index (κ2) is 12.2. The molecule has 0 bridgehead atoms. The molecule has 2 aromatic carbocycles. The van der Waals surface area contributed by atoms with Crippen molar-refractivity contribution in [3.63, 3.8) is 0 Å². The largest absolute Gasteiger partial charge is 0.611 e. The summed E-state index contributed by atoms with van der Waals surface area (Å²) in [6, 6.07) is 14.1. The van der Waals surface area contributed by atoms with Crippen LogP contribution in [0.5, 0.6) is 5.75 Å². The van der Waals surface area contributed by atoms with Gasteiger partial charge in [-0.1, -0.05) is 44.9 Å². The van der Waals surface area contributed by atoms with Crippen LogP contribution in [0.1, 0.15) is 39.5 Å². The first-order valence-electron chi connectivity index (χ1n) is 11.7. The first kappa shape index (κ1) is 26.7. The number of fused-ring (bicyclic) bond motifs is 1. The predicted octanol–water partition coefficient (Wildman–Crippen LogP) is 5.17. The Morgan fingerprint density at radius 3 is 2.65 bits per heavy atom. The summed E-state index contributed by atoms with van der Waals surface area (Å²) in [5.74, 6) is 0.346. The molecule has 3 unspecified atom stereocenters. The van der Waals surface area contributed by atoms with Crippen molar-refractivity contribution in [2.75, 3.05) is 37.2 Å². The molecule has 6 nitrogen and oxygen atoms in total. The lowest BCUT2D eigenvalue weighted by atomic mass is 9.81. The summed E-state index contributed by atoms with van der Waals surface area (Å²) in [7, 11) is 1.22. The van der Waals surface area contributed by atoms with E-state index in [0.29, 0.717) is 11.5 Å². The lowest BCUT2D eigenvalue weighted by Gasteiger charge is -2.35. The Morgan fingerprint density at radius 1 is 1.29 bits per heavy atom. The number of thioether (sulfide) groups is 1. The summed E-state index contributed by atoms with van der Waals surface area (Å²) < 4.78 is 24.2. The summed E-state index contributed by atoms with van der Waals surface area (Å²) in [6.07, 6.45) is 4.73. The summed E-state index contributed by atoms with van der Waals surface area (Å²) >= 11 is 0.280. The molecule has 0 saturated carbocycles. The fourth-order valence-corrected chi connectivity index (χ4v) is 6.66. The Labute approximate surface area is 210 Å². The number of rotatable bonds is 10. The van der Waals surface area contributed by atoms with Crippen molar-refractivity contribution in [1.82, 2.24) is 0 Å². The molecule has 0 aliphatic carbocycles. The van der Waals surface area contributed by atoms with E-state index in [1.165, 1.54) is 18.9 Å². The van der Waals surface area contributed by atoms with Crippen molar-refractivity contribution in [2.45, 2.75) is 55.4 Å². The summed E-state index contributed by atoms with van der Waals surface area (Å²) in [5.41, 5.74) is 1.91. The number of carbonyl (C=O) groups excluding carboxylic acids is 1. The van der Waals surface area contributed by atoms with Crippen LogP contribution in [0.3, 0.4) is 0 Å². The Bertz CT molecular complexity index is 958. The van der Waals surface area contributed by atoms with Crippen LogP contribution in [0, 0.1) is 5.41 Å². The van der Waals surface area contributed by atoms with Gasteiger partial charge >= 0.3 is 5.97 Å². The maximum atomic E-state index is 13.8. The lowest BCUT2D eigenvalue weighted by Crippen LogP contribution is -2.37. The highest BCUT2D eigenvalue weighted by Gasteiger charge is 2.41. The van der Waals surface area contributed by atoms with Gasteiger partial charge in [0.1, 0.15) is 18.1 Å². The SMILES string of the molecule is CCCCC1(CC)CN(c2ccccc2)c2cc(SC)c(OCC(O)C(=O)OC)cc2[S+]([O-])C1. The van der Waals surface area contributed by atoms with Gasteiger partial charge in [-0.2, -0.15) is 0 Å². The Kier molecular flexibility index (Phi) is 9.59. The first-order chi connectivity index (χ1) is 16.4. The second-order valence-corrected chi connectivity index (χ2v) is 11.0. The minimum Gasteiger partial charge on any atom is -0.611 e. The molecule has 0 fully saturated rings. The first-order valence-corrected chi connectivity index (χ1v) is 14.2. The predicted molar refractivity (Wildman–Crippen MR) is 139 cm³/mol. The standard InChI is InChI=1S/C26H35NO5S2/c1-5-7-13-26(6-2)17-27(19-11-9-8-10-12-19)20-14-23(33-4)22(15-24(20)34(30)18-26)32-16-21(28)25(29)31-3/h8-12,14-15,21,28H,5-7,13,16-18H2,1-4H3. The molecule has 0 spiro atoms. The third-order valence-corrected chi connectivity index (χ3v) is 8.91.